The molecule has 0 aromatic heterocycles. The Balaban J connectivity index is 1.95. The van der Waals surface area contributed by atoms with Gasteiger partial charge >= 0.3 is 0 Å². The second-order valence-corrected chi connectivity index (χ2v) is 5.20. The minimum absolute atomic E-state index is 0.461. The summed E-state index contributed by atoms with van der Waals surface area (Å²) >= 11 is 11.3. The first-order chi connectivity index (χ1) is 5.73. The van der Waals surface area contributed by atoms with Gasteiger partial charge in [-0.1, -0.05) is 48.5 Å². The molecule has 0 bridgehead atoms. The van der Waals surface area contributed by atoms with Gasteiger partial charge in [-0.25, -0.2) is 0 Å². The van der Waals surface area contributed by atoms with Gasteiger partial charge in [0, 0.05) is 0 Å². The van der Waals surface area contributed by atoms with Crippen molar-refractivity contribution in [3.05, 3.63) is 10.6 Å². The van der Waals surface area contributed by atoms with Gasteiger partial charge in [0.05, 0.1) is 0 Å². The van der Waals surface area contributed by atoms with E-state index >= 15 is 0 Å². The molecule has 0 N–H and O–H groups in total. The Bertz CT molecular complexity index is 198. The van der Waals surface area contributed by atoms with E-state index in [0.29, 0.717) is 15.8 Å². The van der Waals surface area contributed by atoms with Crippen molar-refractivity contribution in [2.24, 2.45) is 11.3 Å². The van der Waals surface area contributed by atoms with Crippen LogP contribution >= 0.6 is 23.2 Å². The number of rotatable bonds is 1. The molecule has 12 heavy (non-hydrogen) atoms. The molecule has 2 aliphatic rings. The summed E-state index contributed by atoms with van der Waals surface area (Å²) in [5.41, 5.74) is 0.632. The van der Waals surface area contributed by atoms with E-state index in [2.05, 4.69) is 0 Å². The van der Waals surface area contributed by atoms with Crippen molar-refractivity contribution in [1.29, 1.82) is 0 Å². The molecule has 2 rings (SSSR count). The lowest BCUT2D eigenvalue weighted by Gasteiger charge is -2.21. The zero-order valence-electron chi connectivity index (χ0n) is 7.15. The molecule has 0 heterocycles. The molecule has 68 valence electrons. The zero-order chi connectivity index (χ0) is 8.60. The molecule has 0 amide bonds. The van der Waals surface area contributed by atoms with Crippen LogP contribution in [0.25, 0.3) is 0 Å². The molecule has 0 saturated heterocycles. The van der Waals surface area contributed by atoms with Crippen LogP contribution in [0.3, 0.4) is 0 Å². The predicted octanol–water partition coefficient (Wildman–Crippen LogP) is 4.28. The standard InChI is InChI=1S/C10H14Cl2/c11-9(12)6-8-7-10(8)4-2-1-3-5-10/h6,8H,1-5,7H2. The van der Waals surface area contributed by atoms with Crippen LogP contribution in [-0.4, -0.2) is 0 Å². The minimum Gasteiger partial charge on any atom is -0.0712 e. The Morgan fingerprint density at radius 3 is 2.42 bits per heavy atom. The lowest BCUT2D eigenvalue weighted by molar-refractivity contribution is 0.321. The van der Waals surface area contributed by atoms with E-state index in [-0.39, 0.29) is 0 Å². The summed E-state index contributed by atoms with van der Waals surface area (Å²) in [4.78, 5) is 0. The smallest absolute Gasteiger partial charge is 0.0712 e. The van der Waals surface area contributed by atoms with Crippen molar-refractivity contribution in [3.8, 4) is 0 Å². The van der Waals surface area contributed by atoms with E-state index in [4.69, 9.17) is 23.2 Å². The van der Waals surface area contributed by atoms with Crippen molar-refractivity contribution < 1.29 is 0 Å². The second-order valence-electron chi connectivity index (χ2n) is 4.19. The third kappa shape index (κ3) is 1.65. The molecule has 1 unspecified atom stereocenters. The van der Waals surface area contributed by atoms with Gasteiger partial charge < -0.3 is 0 Å². The number of hydrogen-bond donors (Lipinski definition) is 0. The molecule has 2 aliphatic carbocycles. The van der Waals surface area contributed by atoms with E-state index in [9.17, 15) is 0 Å². The average Bonchev–Trinajstić information content (AvgIpc) is 2.63. The highest BCUT2D eigenvalue weighted by Crippen LogP contribution is 2.62. The van der Waals surface area contributed by atoms with Crippen LogP contribution in [0.4, 0.5) is 0 Å². The molecular weight excluding hydrogens is 191 g/mol. The maximum absolute atomic E-state index is 5.64. The van der Waals surface area contributed by atoms with Crippen LogP contribution in [0.5, 0.6) is 0 Å². The Kier molecular flexibility index (Phi) is 2.39. The summed E-state index contributed by atoms with van der Waals surface area (Å²) in [6.07, 6.45) is 10.4. The lowest BCUT2D eigenvalue weighted by atomic mass is 9.84. The van der Waals surface area contributed by atoms with Crippen LogP contribution in [0.2, 0.25) is 0 Å². The predicted molar refractivity (Wildman–Crippen MR) is 53.4 cm³/mol. The first kappa shape index (κ1) is 8.90. The minimum atomic E-state index is 0.461. The van der Waals surface area contributed by atoms with Gasteiger partial charge in [-0.3, -0.25) is 0 Å². The fraction of sp³-hybridized carbons (Fsp3) is 0.800. The monoisotopic (exact) mass is 204 g/mol. The first-order valence-corrected chi connectivity index (χ1v) is 5.51. The van der Waals surface area contributed by atoms with E-state index in [0.717, 1.165) is 0 Å². The van der Waals surface area contributed by atoms with Crippen LogP contribution < -0.4 is 0 Å². The van der Waals surface area contributed by atoms with Gasteiger partial charge in [0.2, 0.25) is 0 Å². The van der Waals surface area contributed by atoms with E-state index in [1.807, 2.05) is 6.08 Å². The lowest BCUT2D eigenvalue weighted by Crippen LogP contribution is -2.08. The molecule has 2 heteroatoms. The molecule has 0 nitrogen and oxygen atoms in total. The molecule has 2 fully saturated rings. The Labute approximate surface area is 83.9 Å². The van der Waals surface area contributed by atoms with Gasteiger partial charge in [-0.2, -0.15) is 0 Å². The maximum Gasteiger partial charge on any atom is 0.103 e. The second kappa shape index (κ2) is 3.23. The van der Waals surface area contributed by atoms with Crippen molar-refractivity contribution in [3.63, 3.8) is 0 Å². The van der Waals surface area contributed by atoms with Crippen molar-refractivity contribution >= 4 is 23.2 Å². The maximum atomic E-state index is 5.64. The summed E-state index contributed by atoms with van der Waals surface area (Å²) in [6, 6.07) is 0. The van der Waals surface area contributed by atoms with Gasteiger partial charge in [-0.05, 0) is 30.6 Å². The average molecular weight is 205 g/mol. The third-order valence-corrected chi connectivity index (χ3v) is 3.68. The molecule has 0 radical (unpaired) electrons. The van der Waals surface area contributed by atoms with E-state index in [1.54, 1.807) is 0 Å². The Morgan fingerprint density at radius 2 is 1.83 bits per heavy atom. The normalized spacial score (nSPS) is 31.7. The summed E-state index contributed by atoms with van der Waals surface area (Å²) < 4.78 is 0.461. The Morgan fingerprint density at radius 1 is 1.17 bits per heavy atom. The Hall–Kier alpha value is 0.320. The number of hydrogen-bond acceptors (Lipinski definition) is 0. The van der Waals surface area contributed by atoms with Crippen molar-refractivity contribution in [1.82, 2.24) is 0 Å². The quantitative estimate of drug-likeness (QED) is 0.599. The van der Waals surface area contributed by atoms with E-state index < -0.39 is 0 Å². The fourth-order valence-corrected chi connectivity index (χ4v) is 2.90. The van der Waals surface area contributed by atoms with Crippen molar-refractivity contribution in [2.75, 3.05) is 0 Å². The topological polar surface area (TPSA) is 0 Å². The molecule has 1 spiro atoms. The van der Waals surface area contributed by atoms with Crippen LogP contribution in [0.15, 0.2) is 10.6 Å². The fourth-order valence-electron chi connectivity index (χ4n) is 2.60. The summed E-state index contributed by atoms with van der Waals surface area (Å²) in [5, 5.41) is 0. The van der Waals surface area contributed by atoms with Crippen LogP contribution in [0.1, 0.15) is 38.5 Å². The highest BCUT2D eigenvalue weighted by atomic mass is 35.5. The van der Waals surface area contributed by atoms with Crippen molar-refractivity contribution in [2.45, 2.75) is 38.5 Å². The summed E-state index contributed by atoms with van der Waals surface area (Å²) in [6.45, 7) is 0. The van der Waals surface area contributed by atoms with Gasteiger partial charge in [0.1, 0.15) is 4.49 Å². The first-order valence-electron chi connectivity index (χ1n) is 4.76. The molecular formula is C10H14Cl2. The summed E-state index contributed by atoms with van der Waals surface area (Å²) in [7, 11) is 0. The highest BCUT2D eigenvalue weighted by Gasteiger charge is 2.52. The number of halogens is 2. The molecule has 1 atom stereocenters. The highest BCUT2D eigenvalue weighted by molar-refractivity contribution is 6.55. The van der Waals surface area contributed by atoms with Gasteiger partial charge in [0.25, 0.3) is 0 Å². The van der Waals surface area contributed by atoms with Crippen LogP contribution in [0, 0.1) is 11.3 Å². The SMILES string of the molecule is ClC(Cl)=CC1CC12CCCCC2. The molecule has 2 saturated carbocycles. The van der Waals surface area contributed by atoms with E-state index in [1.165, 1.54) is 38.5 Å². The van der Waals surface area contributed by atoms with Crippen LogP contribution in [-0.2, 0) is 0 Å². The zero-order valence-corrected chi connectivity index (χ0v) is 8.67. The third-order valence-electron chi connectivity index (χ3n) is 3.43. The number of allylic oxidation sites excluding steroid dienone is 1. The summed E-state index contributed by atoms with van der Waals surface area (Å²) in [5.74, 6) is 0.697. The molecule has 0 aliphatic heterocycles. The van der Waals surface area contributed by atoms with Gasteiger partial charge in [0.15, 0.2) is 0 Å². The van der Waals surface area contributed by atoms with Gasteiger partial charge in [-0.15, -0.1) is 0 Å². The largest absolute Gasteiger partial charge is 0.103 e. The molecule has 0 aromatic carbocycles. The molecule has 0 aromatic rings.